The van der Waals surface area contributed by atoms with E-state index in [0.717, 1.165) is 12.8 Å². The highest BCUT2D eigenvalue weighted by Crippen LogP contribution is 2.43. The van der Waals surface area contributed by atoms with E-state index >= 15 is 0 Å². The molecule has 0 unspecified atom stereocenters. The molecular weight excluding hydrogens is 298 g/mol. The molecule has 0 aliphatic carbocycles. The van der Waals surface area contributed by atoms with Gasteiger partial charge in [-0.15, -0.1) is 0 Å². The second kappa shape index (κ2) is 7.18. The standard InChI is InChI=1S/C17H29NO5/c1-3-5-16(22,6-4-2)9-14(19)18-10-13-11-23-8-7-17(13,12-18)15(20)21/h13,22H,3-12H2,1-2H3,(H,20,21)/t13-,17+/m0/s1. The molecule has 2 atom stereocenters. The molecule has 0 aromatic heterocycles. The molecule has 1 amide bonds. The molecule has 0 aromatic rings. The highest BCUT2D eigenvalue weighted by atomic mass is 16.5. The summed E-state index contributed by atoms with van der Waals surface area (Å²) >= 11 is 0. The molecule has 2 N–H and O–H groups in total. The highest BCUT2D eigenvalue weighted by Gasteiger charge is 2.55. The van der Waals surface area contributed by atoms with Crippen LogP contribution in [0.25, 0.3) is 0 Å². The first-order valence-electron chi connectivity index (χ1n) is 8.68. The average Bonchev–Trinajstić information content (AvgIpc) is 2.88. The zero-order chi connectivity index (χ0) is 17.1. The van der Waals surface area contributed by atoms with Crippen LogP contribution < -0.4 is 0 Å². The molecule has 2 fully saturated rings. The van der Waals surface area contributed by atoms with Crippen molar-refractivity contribution in [3.05, 3.63) is 0 Å². The maximum absolute atomic E-state index is 12.7. The Morgan fingerprint density at radius 2 is 1.96 bits per heavy atom. The summed E-state index contributed by atoms with van der Waals surface area (Å²) in [5, 5.41) is 20.3. The van der Waals surface area contributed by atoms with Gasteiger partial charge in [0.25, 0.3) is 0 Å². The molecule has 0 saturated carbocycles. The van der Waals surface area contributed by atoms with Gasteiger partial charge < -0.3 is 19.8 Å². The number of aliphatic carboxylic acids is 1. The Labute approximate surface area is 137 Å². The fraction of sp³-hybridized carbons (Fsp3) is 0.882. The minimum atomic E-state index is -0.971. The molecule has 2 heterocycles. The van der Waals surface area contributed by atoms with E-state index in [9.17, 15) is 19.8 Å². The minimum absolute atomic E-state index is 0.0813. The fourth-order valence-corrected chi connectivity index (χ4v) is 4.12. The summed E-state index contributed by atoms with van der Waals surface area (Å²) in [6.07, 6.45) is 3.36. The fourth-order valence-electron chi connectivity index (χ4n) is 4.12. The number of aliphatic hydroxyl groups is 1. The van der Waals surface area contributed by atoms with E-state index in [4.69, 9.17) is 4.74 Å². The number of hydrogen-bond donors (Lipinski definition) is 2. The van der Waals surface area contributed by atoms with Gasteiger partial charge in [-0.2, -0.15) is 0 Å². The van der Waals surface area contributed by atoms with E-state index in [1.807, 2.05) is 13.8 Å². The smallest absolute Gasteiger partial charge is 0.311 e. The summed E-state index contributed by atoms with van der Waals surface area (Å²) in [7, 11) is 0. The third kappa shape index (κ3) is 3.69. The van der Waals surface area contributed by atoms with Crippen LogP contribution >= 0.6 is 0 Å². The molecule has 2 rings (SSSR count). The number of amides is 1. The number of ether oxygens (including phenoxy) is 1. The van der Waals surface area contributed by atoms with Crippen molar-refractivity contribution >= 4 is 11.9 Å². The number of fused-ring (bicyclic) bond motifs is 1. The van der Waals surface area contributed by atoms with Crippen molar-refractivity contribution in [1.29, 1.82) is 0 Å². The predicted molar refractivity (Wildman–Crippen MR) is 85.0 cm³/mol. The molecule has 0 radical (unpaired) electrons. The molecule has 2 aliphatic rings. The van der Waals surface area contributed by atoms with Crippen LogP contribution in [0.1, 0.15) is 52.4 Å². The number of carboxylic acid groups (broad SMARTS) is 1. The molecule has 132 valence electrons. The first-order chi connectivity index (χ1) is 10.9. The van der Waals surface area contributed by atoms with Crippen LogP contribution in [-0.2, 0) is 14.3 Å². The van der Waals surface area contributed by atoms with Crippen molar-refractivity contribution in [3.63, 3.8) is 0 Å². The van der Waals surface area contributed by atoms with E-state index in [1.54, 1.807) is 4.90 Å². The lowest BCUT2D eigenvalue weighted by Gasteiger charge is -2.34. The van der Waals surface area contributed by atoms with Crippen molar-refractivity contribution < 1.29 is 24.5 Å². The van der Waals surface area contributed by atoms with Crippen LogP contribution in [0.3, 0.4) is 0 Å². The third-order valence-corrected chi connectivity index (χ3v) is 5.40. The van der Waals surface area contributed by atoms with E-state index in [2.05, 4.69) is 0 Å². The Bertz CT molecular complexity index is 446. The molecule has 0 spiro atoms. The third-order valence-electron chi connectivity index (χ3n) is 5.40. The van der Waals surface area contributed by atoms with E-state index in [0.29, 0.717) is 39.0 Å². The van der Waals surface area contributed by atoms with Gasteiger partial charge in [0.05, 0.1) is 24.0 Å². The van der Waals surface area contributed by atoms with Crippen molar-refractivity contribution in [2.24, 2.45) is 11.3 Å². The number of likely N-dealkylation sites (tertiary alicyclic amines) is 1. The van der Waals surface area contributed by atoms with Gasteiger partial charge in [-0.25, -0.2) is 0 Å². The quantitative estimate of drug-likeness (QED) is 0.742. The lowest BCUT2D eigenvalue weighted by atomic mass is 9.74. The number of carbonyl (C=O) groups is 2. The van der Waals surface area contributed by atoms with Crippen LogP contribution in [0.5, 0.6) is 0 Å². The summed E-state index contributed by atoms with van der Waals surface area (Å²) in [5.41, 5.74) is -1.84. The van der Waals surface area contributed by atoms with Crippen LogP contribution in [0.2, 0.25) is 0 Å². The number of carbonyl (C=O) groups excluding carboxylic acids is 1. The van der Waals surface area contributed by atoms with Gasteiger partial charge >= 0.3 is 5.97 Å². The van der Waals surface area contributed by atoms with Gasteiger partial charge in [0.15, 0.2) is 0 Å². The maximum Gasteiger partial charge on any atom is 0.311 e. The lowest BCUT2D eigenvalue weighted by Crippen LogP contribution is -2.45. The number of carboxylic acids is 1. The summed E-state index contributed by atoms with van der Waals surface area (Å²) in [5.74, 6) is -1.12. The van der Waals surface area contributed by atoms with Gasteiger partial charge in [0.2, 0.25) is 5.91 Å². The van der Waals surface area contributed by atoms with Crippen LogP contribution in [0, 0.1) is 11.3 Å². The molecule has 0 aromatic carbocycles. The van der Waals surface area contributed by atoms with Gasteiger partial charge in [-0.1, -0.05) is 26.7 Å². The average molecular weight is 327 g/mol. The molecular formula is C17H29NO5. The molecule has 23 heavy (non-hydrogen) atoms. The molecule has 2 saturated heterocycles. The number of hydrogen-bond acceptors (Lipinski definition) is 4. The number of rotatable bonds is 7. The van der Waals surface area contributed by atoms with Crippen LogP contribution in [-0.4, -0.2) is 58.9 Å². The van der Waals surface area contributed by atoms with Gasteiger partial charge in [0.1, 0.15) is 0 Å². The highest BCUT2D eigenvalue weighted by molar-refractivity contribution is 5.81. The van der Waals surface area contributed by atoms with Gasteiger partial charge in [-0.05, 0) is 19.3 Å². The normalized spacial score (nSPS) is 27.8. The van der Waals surface area contributed by atoms with Crippen molar-refractivity contribution in [3.8, 4) is 0 Å². The predicted octanol–water partition coefficient (Wildman–Crippen LogP) is 1.66. The first-order valence-corrected chi connectivity index (χ1v) is 8.68. The monoisotopic (exact) mass is 327 g/mol. The van der Waals surface area contributed by atoms with Crippen LogP contribution in [0.4, 0.5) is 0 Å². The minimum Gasteiger partial charge on any atom is -0.481 e. The Morgan fingerprint density at radius 1 is 1.30 bits per heavy atom. The Kier molecular flexibility index (Phi) is 5.68. The summed E-state index contributed by atoms with van der Waals surface area (Å²) in [6.45, 7) is 5.46. The summed E-state index contributed by atoms with van der Waals surface area (Å²) in [6, 6.07) is 0. The zero-order valence-corrected chi connectivity index (χ0v) is 14.2. The summed E-state index contributed by atoms with van der Waals surface area (Å²) in [4.78, 5) is 26.1. The van der Waals surface area contributed by atoms with E-state index in [1.165, 1.54) is 0 Å². The zero-order valence-electron chi connectivity index (χ0n) is 14.2. The van der Waals surface area contributed by atoms with E-state index < -0.39 is 17.0 Å². The van der Waals surface area contributed by atoms with Crippen LogP contribution in [0.15, 0.2) is 0 Å². The van der Waals surface area contributed by atoms with E-state index in [-0.39, 0.29) is 24.8 Å². The lowest BCUT2D eigenvalue weighted by molar-refractivity contribution is -0.157. The Morgan fingerprint density at radius 3 is 2.48 bits per heavy atom. The molecule has 0 bridgehead atoms. The second-order valence-corrected chi connectivity index (χ2v) is 7.16. The van der Waals surface area contributed by atoms with Crippen molar-refractivity contribution in [2.45, 2.75) is 58.0 Å². The second-order valence-electron chi connectivity index (χ2n) is 7.16. The van der Waals surface area contributed by atoms with Crippen molar-refractivity contribution in [1.82, 2.24) is 4.90 Å². The largest absolute Gasteiger partial charge is 0.481 e. The summed E-state index contributed by atoms with van der Waals surface area (Å²) < 4.78 is 5.41. The van der Waals surface area contributed by atoms with Gasteiger partial charge in [0, 0.05) is 25.6 Å². The Balaban J connectivity index is 2.07. The molecule has 6 nitrogen and oxygen atoms in total. The topological polar surface area (TPSA) is 87.1 Å². The molecule has 6 heteroatoms. The van der Waals surface area contributed by atoms with Gasteiger partial charge in [-0.3, -0.25) is 9.59 Å². The molecule has 2 aliphatic heterocycles. The SMILES string of the molecule is CCCC(O)(CCC)CC(=O)N1C[C@H]2COCC[C@@]2(C(=O)O)C1. The first kappa shape index (κ1) is 18.2. The van der Waals surface area contributed by atoms with Crippen molar-refractivity contribution in [2.75, 3.05) is 26.3 Å². The Hall–Kier alpha value is -1.14. The number of nitrogens with zero attached hydrogens (tertiary/aromatic N) is 1. The maximum atomic E-state index is 12.7.